The Morgan fingerprint density at radius 2 is 1.67 bits per heavy atom. The van der Waals surface area contributed by atoms with E-state index < -0.39 is 0 Å². The predicted molar refractivity (Wildman–Crippen MR) is 72.2 cm³/mol. The van der Waals surface area contributed by atoms with Crippen molar-refractivity contribution < 1.29 is 4.79 Å². The summed E-state index contributed by atoms with van der Waals surface area (Å²) < 4.78 is 0. The SMILES string of the molecule is CC(C)c1cc(C#N)cc(C(C)C)c1CC(N)=O. The second kappa shape index (κ2) is 5.68. The van der Waals surface area contributed by atoms with Crippen LogP contribution >= 0.6 is 0 Å². The van der Waals surface area contributed by atoms with Crippen molar-refractivity contribution in [3.63, 3.8) is 0 Å². The van der Waals surface area contributed by atoms with Crippen molar-refractivity contribution in [1.29, 1.82) is 5.26 Å². The summed E-state index contributed by atoms with van der Waals surface area (Å²) in [5, 5.41) is 9.08. The molecule has 3 nitrogen and oxygen atoms in total. The first kappa shape index (κ1) is 14.2. The van der Waals surface area contributed by atoms with Gasteiger partial charge in [0.1, 0.15) is 0 Å². The van der Waals surface area contributed by atoms with E-state index in [2.05, 4.69) is 33.8 Å². The van der Waals surface area contributed by atoms with E-state index in [0.717, 1.165) is 16.7 Å². The first-order valence-electron chi connectivity index (χ1n) is 6.21. The van der Waals surface area contributed by atoms with Crippen molar-refractivity contribution in [3.8, 4) is 6.07 Å². The van der Waals surface area contributed by atoms with Gasteiger partial charge >= 0.3 is 0 Å². The highest BCUT2D eigenvalue weighted by atomic mass is 16.1. The average Bonchev–Trinajstić information content (AvgIpc) is 2.27. The van der Waals surface area contributed by atoms with Crippen LogP contribution in [0.5, 0.6) is 0 Å². The van der Waals surface area contributed by atoms with Crippen molar-refractivity contribution in [2.75, 3.05) is 0 Å². The fourth-order valence-corrected chi connectivity index (χ4v) is 2.19. The molecule has 18 heavy (non-hydrogen) atoms. The molecule has 1 rings (SSSR count). The van der Waals surface area contributed by atoms with Gasteiger partial charge in [0.15, 0.2) is 0 Å². The molecule has 0 aromatic heterocycles. The molecular weight excluding hydrogens is 224 g/mol. The molecule has 0 aliphatic carbocycles. The molecule has 0 aliphatic rings. The molecule has 0 aliphatic heterocycles. The summed E-state index contributed by atoms with van der Waals surface area (Å²) in [6, 6.07) is 5.92. The van der Waals surface area contributed by atoms with Crippen LogP contribution in [-0.4, -0.2) is 5.91 Å². The predicted octanol–water partition coefficient (Wildman–Crippen LogP) is 2.83. The van der Waals surface area contributed by atoms with Crippen molar-refractivity contribution in [2.45, 2.75) is 46.0 Å². The Bertz CT molecular complexity index is 467. The molecule has 3 heteroatoms. The summed E-state index contributed by atoms with van der Waals surface area (Å²) in [7, 11) is 0. The molecule has 0 fully saturated rings. The lowest BCUT2D eigenvalue weighted by atomic mass is 9.85. The quantitative estimate of drug-likeness (QED) is 0.885. The molecule has 0 atom stereocenters. The number of hydrogen-bond donors (Lipinski definition) is 1. The molecule has 1 amide bonds. The zero-order chi connectivity index (χ0) is 13.9. The van der Waals surface area contributed by atoms with Gasteiger partial charge in [-0.1, -0.05) is 27.7 Å². The summed E-state index contributed by atoms with van der Waals surface area (Å²) in [5.41, 5.74) is 9.07. The lowest BCUT2D eigenvalue weighted by Crippen LogP contribution is -2.17. The van der Waals surface area contributed by atoms with Gasteiger partial charge in [0.25, 0.3) is 0 Å². The van der Waals surface area contributed by atoms with Gasteiger partial charge in [-0.05, 0) is 40.7 Å². The molecule has 2 N–H and O–H groups in total. The van der Waals surface area contributed by atoms with Crippen LogP contribution in [0.4, 0.5) is 0 Å². The zero-order valence-electron chi connectivity index (χ0n) is 11.4. The summed E-state index contributed by atoms with van der Waals surface area (Å²) in [5.74, 6) is 0.207. The minimum Gasteiger partial charge on any atom is -0.369 e. The number of nitriles is 1. The Labute approximate surface area is 109 Å². The highest BCUT2D eigenvalue weighted by Crippen LogP contribution is 2.29. The Morgan fingerprint density at radius 3 is 1.94 bits per heavy atom. The van der Waals surface area contributed by atoms with Gasteiger partial charge in [0.05, 0.1) is 18.1 Å². The van der Waals surface area contributed by atoms with Crippen LogP contribution in [-0.2, 0) is 11.2 Å². The first-order chi connectivity index (χ1) is 8.36. The van der Waals surface area contributed by atoms with Gasteiger partial charge in [-0.15, -0.1) is 0 Å². The molecule has 96 valence electrons. The topological polar surface area (TPSA) is 66.9 Å². The molecule has 0 saturated carbocycles. The Kier molecular flexibility index (Phi) is 4.49. The van der Waals surface area contributed by atoms with Crippen molar-refractivity contribution in [2.24, 2.45) is 5.73 Å². The molecule has 1 aromatic rings. The third-order valence-electron chi connectivity index (χ3n) is 3.04. The molecule has 0 spiro atoms. The molecule has 0 unspecified atom stereocenters. The van der Waals surface area contributed by atoms with E-state index in [1.165, 1.54) is 0 Å². The number of hydrogen-bond acceptors (Lipinski definition) is 2. The molecule has 1 aromatic carbocycles. The lowest BCUT2D eigenvalue weighted by molar-refractivity contribution is -0.117. The second-order valence-electron chi connectivity index (χ2n) is 5.20. The molecule has 0 heterocycles. The van der Waals surface area contributed by atoms with Crippen molar-refractivity contribution in [1.82, 2.24) is 0 Å². The minimum atomic E-state index is -0.330. The number of nitrogens with two attached hydrogens (primary N) is 1. The summed E-state index contributed by atoms with van der Waals surface area (Å²) >= 11 is 0. The third-order valence-corrected chi connectivity index (χ3v) is 3.04. The Morgan fingerprint density at radius 1 is 1.22 bits per heavy atom. The Balaban J connectivity index is 3.51. The standard InChI is InChI=1S/C15H20N2O/c1-9(2)12-5-11(8-16)6-13(10(3)4)14(12)7-15(17)18/h5-6,9-10H,7H2,1-4H3,(H2,17,18). The van der Waals surface area contributed by atoms with E-state index in [1.807, 2.05) is 12.1 Å². The van der Waals surface area contributed by atoms with Gasteiger partial charge in [-0.3, -0.25) is 4.79 Å². The number of carbonyl (C=O) groups is 1. The van der Waals surface area contributed by atoms with E-state index in [0.29, 0.717) is 5.56 Å². The molecule has 0 radical (unpaired) electrons. The van der Waals surface area contributed by atoms with E-state index in [1.54, 1.807) is 0 Å². The van der Waals surface area contributed by atoms with Crippen LogP contribution in [0.25, 0.3) is 0 Å². The molecule has 0 saturated heterocycles. The monoisotopic (exact) mass is 244 g/mol. The van der Waals surface area contributed by atoms with Gasteiger partial charge in [0.2, 0.25) is 5.91 Å². The number of nitrogens with zero attached hydrogens (tertiary/aromatic N) is 1. The molecular formula is C15H20N2O. The number of primary amides is 1. The maximum Gasteiger partial charge on any atom is 0.221 e. The summed E-state index contributed by atoms with van der Waals surface area (Å²) in [6.45, 7) is 8.24. The highest BCUT2D eigenvalue weighted by Gasteiger charge is 2.17. The summed E-state index contributed by atoms with van der Waals surface area (Å²) in [4.78, 5) is 11.2. The van der Waals surface area contributed by atoms with Crippen molar-refractivity contribution in [3.05, 3.63) is 34.4 Å². The highest BCUT2D eigenvalue weighted by molar-refractivity contribution is 5.78. The number of rotatable bonds is 4. The van der Waals surface area contributed by atoms with Crippen LogP contribution in [0.1, 0.15) is 61.8 Å². The van der Waals surface area contributed by atoms with Gasteiger partial charge in [-0.2, -0.15) is 5.26 Å². The van der Waals surface area contributed by atoms with Crippen LogP contribution in [0.2, 0.25) is 0 Å². The van der Waals surface area contributed by atoms with Crippen molar-refractivity contribution >= 4 is 5.91 Å². The fourth-order valence-electron chi connectivity index (χ4n) is 2.19. The minimum absolute atomic E-state index is 0.243. The van der Waals surface area contributed by atoms with Crippen LogP contribution in [0, 0.1) is 11.3 Å². The number of amides is 1. The van der Waals surface area contributed by atoms with Gasteiger partial charge < -0.3 is 5.73 Å². The maximum atomic E-state index is 11.2. The van der Waals surface area contributed by atoms with E-state index in [9.17, 15) is 4.79 Å². The first-order valence-corrected chi connectivity index (χ1v) is 6.21. The van der Waals surface area contributed by atoms with E-state index in [-0.39, 0.29) is 24.2 Å². The molecule has 0 bridgehead atoms. The fraction of sp³-hybridized carbons (Fsp3) is 0.467. The summed E-state index contributed by atoms with van der Waals surface area (Å²) in [6.07, 6.45) is 0.243. The van der Waals surface area contributed by atoms with Crippen LogP contribution < -0.4 is 5.73 Å². The normalized spacial score (nSPS) is 10.7. The average molecular weight is 244 g/mol. The van der Waals surface area contributed by atoms with Gasteiger partial charge in [0, 0.05) is 0 Å². The lowest BCUT2D eigenvalue weighted by Gasteiger charge is -2.19. The van der Waals surface area contributed by atoms with Crippen LogP contribution in [0.3, 0.4) is 0 Å². The maximum absolute atomic E-state index is 11.2. The second-order valence-corrected chi connectivity index (χ2v) is 5.20. The zero-order valence-corrected chi connectivity index (χ0v) is 11.4. The Hall–Kier alpha value is -1.82. The largest absolute Gasteiger partial charge is 0.369 e. The number of benzene rings is 1. The van der Waals surface area contributed by atoms with E-state index >= 15 is 0 Å². The number of carbonyl (C=O) groups excluding carboxylic acids is 1. The smallest absolute Gasteiger partial charge is 0.221 e. The van der Waals surface area contributed by atoms with Gasteiger partial charge in [-0.25, -0.2) is 0 Å². The third kappa shape index (κ3) is 3.10. The van der Waals surface area contributed by atoms with Crippen LogP contribution in [0.15, 0.2) is 12.1 Å². The van der Waals surface area contributed by atoms with E-state index in [4.69, 9.17) is 11.0 Å².